The molecule has 3 aromatic carbocycles. The molecule has 0 bridgehead atoms. The van der Waals surface area contributed by atoms with E-state index in [1.807, 2.05) is 30.5 Å². The van der Waals surface area contributed by atoms with Gasteiger partial charge in [0.25, 0.3) is 0 Å². The number of fused-ring (bicyclic) bond motifs is 3. The van der Waals surface area contributed by atoms with Crippen molar-refractivity contribution in [3.05, 3.63) is 93.8 Å². The van der Waals surface area contributed by atoms with E-state index in [2.05, 4.69) is 10.3 Å². The van der Waals surface area contributed by atoms with Crippen molar-refractivity contribution in [1.82, 2.24) is 10.3 Å². The van der Waals surface area contributed by atoms with E-state index in [-0.39, 0.29) is 52.1 Å². The molecular weight excluding hydrogens is 636 g/mol. The van der Waals surface area contributed by atoms with Crippen molar-refractivity contribution in [1.29, 1.82) is 0 Å². The highest BCUT2D eigenvalue weighted by atomic mass is 35.5. The summed E-state index contributed by atoms with van der Waals surface area (Å²) in [5.41, 5.74) is 1.42. The first-order chi connectivity index (χ1) is 23.2. The first-order valence-corrected chi connectivity index (χ1v) is 15.9. The Morgan fingerprint density at radius 1 is 1.00 bits per heavy atom. The Morgan fingerprint density at radius 3 is 2.46 bits per heavy atom. The van der Waals surface area contributed by atoms with E-state index in [4.69, 9.17) is 35.0 Å². The van der Waals surface area contributed by atoms with Gasteiger partial charge in [0, 0.05) is 53.2 Å². The second-order valence-corrected chi connectivity index (χ2v) is 12.4. The van der Waals surface area contributed by atoms with Gasteiger partial charge in [-0.25, -0.2) is 0 Å². The number of ketones is 2. The number of aromatic nitrogens is 1. The molecule has 1 spiro atoms. The normalized spacial score (nSPS) is 18.1. The Bertz CT molecular complexity index is 2100. The van der Waals surface area contributed by atoms with Crippen molar-refractivity contribution in [2.75, 3.05) is 27.9 Å². The first kappa shape index (κ1) is 31.4. The van der Waals surface area contributed by atoms with Crippen LogP contribution in [0.25, 0.3) is 22.2 Å². The van der Waals surface area contributed by atoms with Crippen molar-refractivity contribution in [2.45, 2.75) is 31.8 Å². The maximum atomic E-state index is 14.8. The molecule has 2 atom stereocenters. The maximum Gasteiger partial charge on any atom is 0.237 e. The summed E-state index contributed by atoms with van der Waals surface area (Å²) in [4.78, 5) is 45.9. The molecule has 0 fully saturated rings. The minimum Gasteiger partial charge on any atom is -0.497 e. The molecule has 5 aromatic rings. The average Bonchev–Trinajstić information content (AvgIpc) is 3.77. The van der Waals surface area contributed by atoms with Gasteiger partial charge in [-0.15, -0.1) is 0 Å². The summed E-state index contributed by atoms with van der Waals surface area (Å²) < 4.78 is 28.9. The van der Waals surface area contributed by atoms with Gasteiger partial charge in [0.1, 0.15) is 39.4 Å². The van der Waals surface area contributed by atoms with Gasteiger partial charge >= 0.3 is 0 Å². The molecule has 3 heterocycles. The van der Waals surface area contributed by atoms with Gasteiger partial charge in [-0.1, -0.05) is 36.7 Å². The Hall–Kier alpha value is -5.22. The van der Waals surface area contributed by atoms with Gasteiger partial charge in [0.05, 0.1) is 33.3 Å². The lowest BCUT2D eigenvalue weighted by molar-refractivity contribution is -0.120. The summed E-state index contributed by atoms with van der Waals surface area (Å²) >= 11 is 6.62. The summed E-state index contributed by atoms with van der Waals surface area (Å²) in [5, 5.41) is 4.16. The van der Waals surface area contributed by atoms with E-state index in [1.165, 1.54) is 20.3 Å². The van der Waals surface area contributed by atoms with Crippen molar-refractivity contribution < 1.29 is 37.7 Å². The monoisotopic (exact) mass is 668 g/mol. The largest absolute Gasteiger partial charge is 0.497 e. The van der Waals surface area contributed by atoms with Gasteiger partial charge in [-0.05, 0) is 42.3 Å². The fourth-order valence-corrected chi connectivity index (χ4v) is 7.14. The molecule has 2 unspecified atom stereocenters. The average molecular weight is 669 g/mol. The van der Waals surface area contributed by atoms with Gasteiger partial charge in [0.2, 0.25) is 23.1 Å². The molecule has 0 saturated heterocycles. The van der Waals surface area contributed by atoms with Crippen LogP contribution in [0.4, 0.5) is 0 Å². The predicted octanol–water partition coefficient (Wildman–Crippen LogP) is 6.40. The standard InChI is InChI=1S/C37H33ClN2O8/c1-19-15-27-30(35(42)37(19)36(43)31-26(45-3)17-28(46-4)32(38)34(31)48-37)24(33(47-27)20-9-11-22(44-2)12-10-20)16-29(41)39-14-13-21-18-40-25-8-6-5-7-23(21)25/h5-12,17-19,40H,13-16H2,1-4H3,(H,39,41). The number of carbonyl (C=O) groups excluding carboxylic acids is 3. The number of rotatable bonds is 9. The number of hydrogen-bond acceptors (Lipinski definition) is 8. The highest BCUT2D eigenvalue weighted by Gasteiger charge is 2.63. The highest BCUT2D eigenvalue weighted by molar-refractivity contribution is 6.36. The third-order valence-electron chi connectivity index (χ3n) is 9.33. The zero-order chi connectivity index (χ0) is 33.7. The lowest BCUT2D eigenvalue weighted by atomic mass is 9.70. The zero-order valence-corrected chi connectivity index (χ0v) is 27.6. The lowest BCUT2D eigenvalue weighted by Crippen LogP contribution is -2.56. The Balaban J connectivity index is 1.25. The summed E-state index contributed by atoms with van der Waals surface area (Å²) in [6, 6.07) is 16.6. The minimum atomic E-state index is -1.94. The van der Waals surface area contributed by atoms with E-state index < -0.39 is 23.1 Å². The molecule has 10 nitrogen and oxygen atoms in total. The van der Waals surface area contributed by atoms with E-state index in [0.717, 1.165) is 16.5 Å². The molecule has 0 saturated carbocycles. The molecule has 0 radical (unpaired) electrons. The number of furan rings is 1. The molecule has 246 valence electrons. The zero-order valence-electron chi connectivity index (χ0n) is 26.8. The summed E-state index contributed by atoms with van der Waals surface area (Å²) in [7, 11) is 4.42. The predicted molar refractivity (Wildman–Crippen MR) is 179 cm³/mol. The lowest BCUT2D eigenvalue weighted by Gasteiger charge is -2.35. The van der Waals surface area contributed by atoms with Crippen LogP contribution in [0.2, 0.25) is 5.02 Å². The second kappa shape index (κ2) is 12.1. The Kier molecular flexibility index (Phi) is 7.91. The van der Waals surface area contributed by atoms with E-state index in [9.17, 15) is 14.4 Å². The number of aromatic amines is 1. The van der Waals surface area contributed by atoms with Gasteiger partial charge in [0.15, 0.2) is 5.75 Å². The number of methoxy groups -OCH3 is 3. The van der Waals surface area contributed by atoms with Crippen LogP contribution in [0.1, 0.15) is 44.5 Å². The number of amides is 1. The van der Waals surface area contributed by atoms with Crippen LogP contribution in [0.15, 0.2) is 65.2 Å². The second-order valence-electron chi connectivity index (χ2n) is 12.0. The van der Waals surface area contributed by atoms with Crippen molar-refractivity contribution in [2.24, 2.45) is 5.92 Å². The molecular formula is C37H33ClN2O8. The molecule has 48 heavy (non-hydrogen) atoms. The molecule has 2 N–H and O–H groups in total. The Morgan fingerprint density at radius 2 is 1.73 bits per heavy atom. The molecule has 2 aromatic heterocycles. The molecule has 1 amide bonds. The van der Waals surface area contributed by atoms with Crippen LogP contribution >= 0.6 is 11.6 Å². The smallest absolute Gasteiger partial charge is 0.237 e. The van der Waals surface area contributed by atoms with Crippen molar-refractivity contribution in [3.8, 4) is 34.3 Å². The number of benzene rings is 3. The number of halogens is 1. The molecule has 11 heteroatoms. The highest BCUT2D eigenvalue weighted by Crippen LogP contribution is 2.54. The first-order valence-electron chi connectivity index (χ1n) is 15.6. The van der Waals surface area contributed by atoms with Crippen molar-refractivity contribution in [3.63, 3.8) is 0 Å². The van der Waals surface area contributed by atoms with Crippen LogP contribution in [-0.2, 0) is 24.1 Å². The number of carbonyl (C=O) groups is 3. The number of Topliss-reactive ketones (excluding diaryl/α,β-unsaturated/α-hetero) is 2. The van der Waals surface area contributed by atoms with Crippen LogP contribution in [0, 0.1) is 5.92 Å². The number of ether oxygens (including phenoxy) is 4. The minimum absolute atomic E-state index is 0.0250. The summed E-state index contributed by atoms with van der Waals surface area (Å²) in [6.07, 6.45) is 2.58. The van der Waals surface area contributed by atoms with E-state index >= 15 is 0 Å². The van der Waals surface area contributed by atoms with Crippen LogP contribution in [0.3, 0.4) is 0 Å². The molecule has 7 rings (SSSR count). The van der Waals surface area contributed by atoms with Gasteiger partial charge < -0.3 is 33.7 Å². The number of para-hydroxylation sites is 1. The fraction of sp³-hybridized carbons (Fsp3) is 0.270. The molecule has 2 aliphatic rings. The molecule has 1 aliphatic heterocycles. The van der Waals surface area contributed by atoms with Crippen LogP contribution in [0.5, 0.6) is 23.0 Å². The summed E-state index contributed by atoms with van der Waals surface area (Å²) in [5.74, 6) is -0.273. The SMILES string of the molecule is COc1ccc(-c2oc3c(c2CC(=O)NCCc2c[nH]c4ccccc24)C(=O)C2(Oc4c(Cl)c(OC)cc(OC)c4C2=O)C(C)C3)cc1. The van der Waals surface area contributed by atoms with Crippen LogP contribution < -0.4 is 24.3 Å². The fourth-order valence-electron chi connectivity index (χ4n) is 6.87. The number of H-pyrrole nitrogens is 1. The molecule has 1 aliphatic carbocycles. The van der Waals surface area contributed by atoms with E-state index in [0.29, 0.717) is 41.4 Å². The van der Waals surface area contributed by atoms with Gasteiger partial charge in [-0.2, -0.15) is 0 Å². The van der Waals surface area contributed by atoms with Gasteiger partial charge in [-0.3, -0.25) is 14.4 Å². The maximum absolute atomic E-state index is 14.8. The van der Waals surface area contributed by atoms with Crippen LogP contribution in [-0.4, -0.2) is 55.9 Å². The topological polar surface area (TPSA) is 129 Å². The summed E-state index contributed by atoms with van der Waals surface area (Å²) in [6.45, 7) is 2.14. The third kappa shape index (κ3) is 4.81. The number of hydrogen-bond donors (Lipinski definition) is 2. The van der Waals surface area contributed by atoms with Crippen molar-refractivity contribution >= 4 is 40.0 Å². The third-order valence-corrected chi connectivity index (χ3v) is 9.69. The number of nitrogens with one attached hydrogen (secondary N) is 2. The quantitative estimate of drug-likeness (QED) is 0.173. The Labute approximate surface area is 281 Å². The van der Waals surface area contributed by atoms with E-state index in [1.54, 1.807) is 38.3 Å².